The molecule has 0 saturated carbocycles. The second kappa shape index (κ2) is 9.44. The lowest BCUT2D eigenvalue weighted by molar-refractivity contribution is 0.224. The number of amides is 1. The number of nitrogens with one attached hydrogen (secondary N) is 2. The summed E-state index contributed by atoms with van der Waals surface area (Å²) in [4.78, 5) is 19.8. The Balaban J connectivity index is 1.92. The molecule has 3 rings (SSSR count). The Kier molecular flexibility index (Phi) is 6.73. The number of hydrogen-bond acceptors (Lipinski definition) is 7. The number of carbonyl (C=O) groups is 1. The quantitative estimate of drug-likeness (QED) is 0.148. The van der Waals surface area contributed by atoms with Gasteiger partial charge in [0.05, 0.1) is 12.8 Å². The van der Waals surface area contributed by atoms with Gasteiger partial charge in [-0.25, -0.2) is 15.8 Å². The maximum absolute atomic E-state index is 11.1. The van der Waals surface area contributed by atoms with Crippen LogP contribution in [0.2, 0.25) is 0 Å². The highest BCUT2D eigenvalue weighted by Crippen LogP contribution is 2.33. The molecule has 0 saturated heterocycles. The van der Waals surface area contributed by atoms with Crippen LogP contribution in [-0.4, -0.2) is 47.5 Å². The summed E-state index contributed by atoms with van der Waals surface area (Å²) in [5.74, 6) is 6.94. The Bertz CT molecular complexity index is 1010. The number of hydrazine groups is 1. The van der Waals surface area contributed by atoms with Crippen LogP contribution in [0.5, 0.6) is 5.75 Å². The van der Waals surface area contributed by atoms with E-state index >= 15 is 0 Å². The SMILES string of the molecule is CNc1nccc(-c2cc(NCCCN(N)C(=O)S)c3cc(OC)ccc3c2)n1. The van der Waals surface area contributed by atoms with E-state index in [9.17, 15) is 4.79 Å². The zero-order valence-electron chi connectivity index (χ0n) is 16.3. The molecule has 8 nitrogen and oxygen atoms in total. The van der Waals surface area contributed by atoms with Crippen molar-refractivity contribution in [2.45, 2.75) is 6.42 Å². The second-order valence-corrected chi connectivity index (χ2v) is 6.77. The average molecular weight is 413 g/mol. The maximum Gasteiger partial charge on any atom is 0.292 e. The van der Waals surface area contributed by atoms with Gasteiger partial charge in [0, 0.05) is 43.0 Å². The van der Waals surface area contributed by atoms with Crippen molar-refractivity contribution >= 4 is 40.3 Å². The average Bonchev–Trinajstić information content (AvgIpc) is 2.75. The third-order valence-electron chi connectivity index (χ3n) is 4.47. The highest BCUT2D eigenvalue weighted by atomic mass is 32.1. The molecule has 0 atom stereocenters. The largest absolute Gasteiger partial charge is 0.497 e. The van der Waals surface area contributed by atoms with Crippen LogP contribution in [0, 0.1) is 0 Å². The molecule has 0 radical (unpaired) electrons. The molecule has 0 unspecified atom stereocenters. The van der Waals surface area contributed by atoms with Gasteiger partial charge in [0.25, 0.3) is 5.24 Å². The van der Waals surface area contributed by atoms with Crippen LogP contribution in [0.3, 0.4) is 0 Å². The van der Waals surface area contributed by atoms with Crippen molar-refractivity contribution in [1.29, 1.82) is 0 Å². The minimum atomic E-state index is -0.453. The van der Waals surface area contributed by atoms with E-state index in [0.29, 0.717) is 25.5 Å². The number of methoxy groups -OCH3 is 1. The van der Waals surface area contributed by atoms with Crippen LogP contribution in [-0.2, 0) is 0 Å². The minimum absolute atomic E-state index is 0.410. The summed E-state index contributed by atoms with van der Waals surface area (Å²) in [7, 11) is 3.43. The number of ether oxygens (including phenoxy) is 1. The van der Waals surface area contributed by atoms with Gasteiger partial charge in [-0.15, -0.1) is 0 Å². The maximum atomic E-state index is 11.1. The lowest BCUT2D eigenvalue weighted by atomic mass is 10.0. The van der Waals surface area contributed by atoms with Gasteiger partial charge in [-0.3, -0.25) is 9.80 Å². The Morgan fingerprint density at radius 2 is 2.10 bits per heavy atom. The first-order chi connectivity index (χ1) is 14.0. The van der Waals surface area contributed by atoms with Gasteiger partial charge in [-0.05, 0) is 42.1 Å². The Morgan fingerprint density at radius 3 is 2.83 bits per heavy atom. The van der Waals surface area contributed by atoms with Crippen LogP contribution < -0.4 is 21.2 Å². The molecule has 4 N–H and O–H groups in total. The number of thiol groups is 1. The second-order valence-electron chi connectivity index (χ2n) is 6.38. The lowest BCUT2D eigenvalue weighted by Gasteiger charge is -2.16. The smallest absolute Gasteiger partial charge is 0.292 e. The van der Waals surface area contributed by atoms with Gasteiger partial charge in [0.2, 0.25) is 5.95 Å². The number of nitrogens with zero attached hydrogens (tertiary/aromatic N) is 3. The number of carbonyl (C=O) groups excluding carboxylic acids is 1. The fourth-order valence-corrected chi connectivity index (χ4v) is 3.07. The van der Waals surface area contributed by atoms with E-state index in [1.165, 1.54) is 0 Å². The van der Waals surface area contributed by atoms with Gasteiger partial charge in [-0.1, -0.05) is 18.7 Å². The molecular weight excluding hydrogens is 388 g/mol. The number of benzene rings is 2. The summed E-state index contributed by atoms with van der Waals surface area (Å²) < 4.78 is 5.38. The molecule has 0 spiro atoms. The molecule has 0 aliphatic heterocycles. The third-order valence-corrected chi connectivity index (χ3v) is 4.73. The van der Waals surface area contributed by atoms with E-state index in [2.05, 4.69) is 39.3 Å². The molecule has 29 heavy (non-hydrogen) atoms. The molecule has 152 valence electrons. The van der Waals surface area contributed by atoms with Gasteiger partial charge in [0.15, 0.2) is 0 Å². The van der Waals surface area contributed by atoms with Crippen molar-refractivity contribution < 1.29 is 9.53 Å². The van der Waals surface area contributed by atoms with Crippen molar-refractivity contribution in [2.24, 2.45) is 5.84 Å². The van der Waals surface area contributed by atoms with Crippen LogP contribution >= 0.6 is 12.6 Å². The van der Waals surface area contributed by atoms with Crippen molar-refractivity contribution in [1.82, 2.24) is 15.0 Å². The number of rotatable bonds is 8. The van der Waals surface area contributed by atoms with Crippen molar-refractivity contribution in [3.8, 4) is 17.0 Å². The topological polar surface area (TPSA) is 105 Å². The highest BCUT2D eigenvalue weighted by molar-refractivity contribution is 7.96. The summed E-state index contributed by atoms with van der Waals surface area (Å²) in [6.07, 6.45) is 2.40. The summed E-state index contributed by atoms with van der Waals surface area (Å²) in [5.41, 5.74) is 2.73. The number of hydrogen-bond donors (Lipinski definition) is 4. The molecule has 1 aromatic heterocycles. The normalized spacial score (nSPS) is 10.6. The summed E-state index contributed by atoms with van der Waals surface area (Å²) in [6.45, 7) is 1.05. The standard InChI is InChI=1S/C20H24N6O2S/c1-22-19-24-8-6-17(25-19)14-10-13-4-5-15(28-2)12-16(13)18(11-14)23-7-3-9-26(21)20(27)29/h4-6,8,10-12,23H,3,7,9,21H2,1-2H3,(H,27,29)(H,22,24,25). The third kappa shape index (κ3) is 5.07. The van der Waals surface area contributed by atoms with Crippen LogP contribution in [0.15, 0.2) is 42.6 Å². The monoisotopic (exact) mass is 412 g/mol. The number of nitrogens with two attached hydrogens (primary N) is 1. The fourth-order valence-electron chi connectivity index (χ4n) is 2.97. The van der Waals surface area contributed by atoms with Gasteiger partial charge >= 0.3 is 0 Å². The first-order valence-electron chi connectivity index (χ1n) is 9.14. The van der Waals surface area contributed by atoms with E-state index in [0.717, 1.165) is 38.5 Å². The van der Waals surface area contributed by atoms with Gasteiger partial charge in [-0.2, -0.15) is 0 Å². The molecule has 9 heteroatoms. The number of anilines is 2. The summed E-state index contributed by atoms with van der Waals surface area (Å²) in [5, 5.41) is 9.12. The van der Waals surface area contributed by atoms with Crippen LogP contribution in [0.1, 0.15) is 6.42 Å². The molecule has 0 fully saturated rings. The highest BCUT2D eigenvalue weighted by Gasteiger charge is 2.10. The molecule has 1 heterocycles. The van der Waals surface area contributed by atoms with Gasteiger partial charge < -0.3 is 15.4 Å². The van der Waals surface area contributed by atoms with E-state index in [1.807, 2.05) is 30.3 Å². The van der Waals surface area contributed by atoms with Crippen LogP contribution in [0.4, 0.5) is 16.4 Å². The Labute approximate surface area is 174 Å². The van der Waals surface area contributed by atoms with Crippen molar-refractivity contribution in [2.75, 3.05) is 37.9 Å². The van der Waals surface area contributed by atoms with E-state index < -0.39 is 5.24 Å². The molecule has 2 aromatic carbocycles. The van der Waals surface area contributed by atoms with E-state index in [-0.39, 0.29) is 0 Å². The van der Waals surface area contributed by atoms with Crippen molar-refractivity contribution in [3.05, 3.63) is 42.6 Å². The molecule has 0 aliphatic rings. The predicted octanol–water partition coefficient (Wildman–Crippen LogP) is 3.37. The zero-order valence-corrected chi connectivity index (χ0v) is 17.2. The number of fused-ring (bicyclic) bond motifs is 1. The van der Waals surface area contributed by atoms with E-state index in [4.69, 9.17) is 10.6 Å². The minimum Gasteiger partial charge on any atom is -0.497 e. The van der Waals surface area contributed by atoms with Crippen molar-refractivity contribution in [3.63, 3.8) is 0 Å². The van der Waals surface area contributed by atoms with Gasteiger partial charge in [0.1, 0.15) is 5.75 Å². The lowest BCUT2D eigenvalue weighted by Crippen LogP contribution is -2.35. The molecular formula is C20H24N6O2S. The fraction of sp³-hybridized carbons (Fsp3) is 0.250. The zero-order chi connectivity index (χ0) is 20.8. The molecule has 1 amide bonds. The molecule has 3 aromatic rings. The van der Waals surface area contributed by atoms with Crippen LogP contribution in [0.25, 0.3) is 22.0 Å². The number of aromatic nitrogens is 2. The van der Waals surface area contributed by atoms with E-state index in [1.54, 1.807) is 20.4 Å². The Hall–Kier alpha value is -3.04. The molecule has 0 bridgehead atoms. The summed E-state index contributed by atoms with van der Waals surface area (Å²) in [6, 6.07) is 12.0. The first kappa shape index (κ1) is 20.7. The Morgan fingerprint density at radius 1 is 1.28 bits per heavy atom. The first-order valence-corrected chi connectivity index (χ1v) is 9.58. The predicted molar refractivity (Wildman–Crippen MR) is 119 cm³/mol. The summed E-state index contributed by atoms with van der Waals surface area (Å²) >= 11 is 3.72. The molecule has 0 aliphatic carbocycles.